The quantitative estimate of drug-likeness (QED) is 0.326. The van der Waals surface area contributed by atoms with Crippen LogP contribution < -0.4 is 24.8 Å². The molecule has 0 bridgehead atoms. The van der Waals surface area contributed by atoms with Gasteiger partial charge in [-0.3, -0.25) is 9.59 Å². The molecule has 1 heterocycles. The van der Waals surface area contributed by atoms with Gasteiger partial charge in [-0.25, -0.2) is 4.79 Å². The van der Waals surface area contributed by atoms with Crippen molar-refractivity contribution < 1.29 is 37.7 Å². The summed E-state index contributed by atoms with van der Waals surface area (Å²) in [5.41, 5.74) is 4.40. The maximum absolute atomic E-state index is 12.2. The van der Waals surface area contributed by atoms with Crippen LogP contribution in [0.15, 0.2) is 28.7 Å². The highest BCUT2D eigenvalue weighted by Crippen LogP contribution is 2.51. The number of ether oxygens (including phenoxy) is 4. The molecule has 0 radical (unpaired) electrons. The summed E-state index contributed by atoms with van der Waals surface area (Å²) in [4.78, 5) is 35.9. The molecule has 0 fully saturated rings. The van der Waals surface area contributed by atoms with Gasteiger partial charge in [0.2, 0.25) is 17.6 Å². The molecule has 3 aromatic rings. The molecule has 3 atom stereocenters. The Morgan fingerprint density at radius 3 is 2.34 bits per heavy atom. The van der Waals surface area contributed by atoms with E-state index < -0.39 is 12.0 Å². The Kier molecular flexibility index (Phi) is 9.37. The molecule has 0 saturated heterocycles. The van der Waals surface area contributed by atoms with Gasteiger partial charge in [-0.05, 0) is 60.7 Å². The van der Waals surface area contributed by atoms with Crippen LogP contribution in [-0.4, -0.2) is 58.0 Å². The lowest BCUT2D eigenvalue weighted by molar-refractivity contribution is -0.144. The zero-order valence-corrected chi connectivity index (χ0v) is 25.2. The molecule has 0 aliphatic heterocycles. The minimum absolute atomic E-state index is 0.125. The number of benzene rings is 2. The van der Waals surface area contributed by atoms with E-state index in [1.807, 2.05) is 25.1 Å². The number of fused-ring (bicyclic) bond motifs is 4. The molecule has 41 heavy (non-hydrogen) atoms. The smallest absolute Gasteiger partial charge is 0.329 e. The van der Waals surface area contributed by atoms with Crippen molar-refractivity contribution in [2.75, 3.05) is 34.2 Å². The Balaban J connectivity index is 1.79. The number of esters is 1. The Morgan fingerprint density at radius 1 is 1.00 bits per heavy atom. The van der Waals surface area contributed by atoms with E-state index in [0.29, 0.717) is 47.2 Å². The molecule has 1 aliphatic carbocycles. The molecule has 11 heteroatoms. The number of amides is 2. The largest absolute Gasteiger partial charge is 0.493 e. The average molecular weight is 585 g/mol. The van der Waals surface area contributed by atoms with Gasteiger partial charge in [-0.15, -0.1) is 11.8 Å². The number of methoxy groups -OCH3 is 4. The maximum Gasteiger partial charge on any atom is 0.329 e. The molecule has 1 aliphatic rings. The Labute approximate surface area is 243 Å². The second-order valence-electron chi connectivity index (χ2n) is 9.85. The fraction of sp³-hybridized carbons (Fsp3) is 0.433. The molecule has 1 unspecified atom stereocenters. The first-order valence-electron chi connectivity index (χ1n) is 13.2. The lowest BCUT2D eigenvalue weighted by Gasteiger charge is -2.21. The van der Waals surface area contributed by atoms with Crippen molar-refractivity contribution in [1.29, 1.82) is 0 Å². The van der Waals surface area contributed by atoms with Crippen molar-refractivity contribution in [3.8, 4) is 28.4 Å². The summed E-state index contributed by atoms with van der Waals surface area (Å²) >= 11 is 1.47. The molecular formula is C30H36N2O8S. The number of nitrogens with one attached hydrogen (secondary N) is 2. The highest BCUT2D eigenvalue weighted by molar-refractivity contribution is 7.99. The Hall–Kier alpha value is -3.86. The predicted molar refractivity (Wildman–Crippen MR) is 157 cm³/mol. The standard InChI is InChI=1S/C30H36N2O8S/c1-15(41-14-23(30(35)39-7)32-17(3)34)24-12-19-10-21-20(13-25(19)40-24)22(31-16(2)33)9-8-18-11-26(36-4)28(37-5)29(38-6)27(18)21/h10-13,15,22-23H,8-9,14H2,1-7H3,(H,31,33)(H,32,34)/t15?,22-,23-/m0/s1. The van der Waals surface area contributed by atoms with E-state index in [1.165, 1.54) is 32.7 Å². The molecule has 4 rings (SSSR count). The second-order valence-corrected chi connectivity index (χ2v) is 11.2. The summed E-state index contributed by atoms with van der Waals surface area (Å²) < 4.78 is 28.3. The van der Waals surface area contributed by atoms with Crippen LogP contribution in [0.25, 0.3) is 22.1 Å². The van der Waals surface area contributed by atoms with Crippen molar-refractivity contribution in [2.24, 2.45) is 0 Å². The molecule has 0 spiro atoms. The lowest BCUT2D eigenvalue weighted by atomic mass is 9.92. The molecule has 2 aromatic carbocycles. The van der Waals surface area contributed by atoms with Crippen LogP contribution in [0.3, 0.4) is 0 Å². The maximum atomic E-state index is 12.2. The summed E-state index contributed by atoms with van der Waals surface area (Å²) in [5.74, 6) is 1.72. The first-order valence-corrected chi connectivity index (χ1v) is 14.3. The Bertz CT molecular complexity index is 1470. The van der Waals surface area contributed by atoms with E-state index in [9.17, 15) is 14.4 Å². The van der Waals surface area contributed by atoms with E-state index in [-0.39, 0.29) is 23.1 Å². The van der Waals surface area contributed by atoms with Crippen LogP contribution in [0.4, 0.5) is 0 Å². The minimum atomic E-state index is -0.764. The minimum Gasteiger partial charge on any atom is -0.493 e. The number of carbonyl (C=O) groups excluding carboxylic acids is 3. The van der Waals surface area contributed by atoms with Crippen LogP contribution in [0.5, 0.6) is 17.2 Å². The van der Waals surface area contributed by atoms with E-state index in [1.54, 1.807) is 21.3 Å². The monoisotopic (exact) mass is 584 g/mol. The Morgan fingerprint density at radius 2 is 1.73 bits per heavy atom. The summed E-state index contributed by atoms with van der Waals surface area (Å²) in [6.45, 7) is 4.85. The first-order chi connectivity index (χ1) is 19.6. The molecule has 2 amide bonds. The first kappa shape index (κ1) is 30.1. The number of thioether (sulfide) groups is 1. The van der Waals surface area contributed by atoms with Gasteiger partial charge in [-0.1, -0.05) is 0 Å². The molecule has 220 valence electrons. The van der Waals surface area contributed by atoms with Crippen LogP contribution in [0.2, 0.25) is 0 Å². The van der Waals surface area contributed by atoms with Gasteiger partial charge in [0.25, 0.3) is 0 Å². The van der Waals surface area contributed by atoms with E-state index in [2.05, 4.69) is 16.7 Å². The van der Waals surface area contributed by atoms with Crippen LogP contribution >= 0.6 is 11.8 Å². The highest BCUT2D eigenvalue weighted by atomic mass is 32.2. The van der Waals surface area contributed by atoms with E-state index in [4.69, 9.17) is 23.4 Å². The van der Waals surface area contributed by atoms with Crippen molar-refractivity contribution in [3.05, 3.63) is 41.2 Å². The van der Waals surface area contributed by atoms with Crippen LogP contribution in [0.1, 0.15) is 55.4 Å². The van der Waals surface area contributed by atoms with Gasteiger partial charge in [0, 0.05) is 30.6 Å². The van der Waals surface area contributed by atoms with Gasteiger partial charge < -0.3 is 34.0 Å². The number of hydrogen-bond acceptors (Lipinski definition) is 9. The molecular weight excluding hydrogens is 548 g/mol. The average Bonchev–Trinajstić information content (AvgIpc) is 3.31. The van der Waals surface area contributed by atoms with E-state index in [0.717, 1.165) is 27.6 Å². The normalized spacial score (nSPS) is 15.5. The van der Waals surface area contributed by atoms with Gasteiger partial charge >= 0.3 is 5.97 Å². The van der Waals surface area contributed by atoms with Crippen molar-refractivity contribution in [2.45, 2.75) is 50.9 Å². The highest BCUT2D eigenvalue weighted by Gasteiger charge is 2.30. The SMILES string of the molecule is COC(=O)[C@H](CSC(C)c1cc2cc3c(cc2o1)[C@@H](NC(C)=O)CCc1cc(OC)c(OC)c(OC)c1-3)NC(C)=O. The number of furan rings is 1. The van der Waals surface area contributed by atoms with Gasteiger partial charge in [0.1, 0.15) is 17.4 Å². The van der Waals surface area contributed by atoms with Crippen LogP contribution in [0, 0.1) is 0 Å². The molecule has 10 nitrogen and oxygen atoms in total. The van der Waals surface area contributed by atoms with Gasteiger partial charge in [0.15, 0.2) is 11.5 Å². The van der Waals surface area contributed by atoms with Gasteiger partial charge in [-0.2, -0.15) is 0 Å². The van der Waals surface area contributed by atoms with Crippen LogP contribution in [-0.2, 0) is 25.5 Å². The fourth-order valence-corrected chi connectivity index (χ4v) is 6.24. The van der Waals surface area contributed by atoms with Crippen molar-refractivity contribution in [3.63, 3.8) is 0 Å². The summed E-state index contributed by atoms with van der Waals surface area (Å²) in [5, 5.41) is 6.49. The summed E-state index contributed by atoms with van der Waals surface area (Å²) in [7, 11) is 6.06. The third-order valence-corrected chi connectivity index (χ3v) is 8.38. The molecule has 0 saturated carbocycles. The third-order valence-electron chi connectivity index (χ3n) is 7.12. The predicted octanol–water partition coefficient (Wildman–Crippen LogP) is 4.72. The number of rotatable bonds is 10. The molecule has 1 aromatic heterocycles. The zero-order valence-electron chi connectivity index (χ0n) is 24.3. The van der Waals surface area contributed by atoms with Crippen molar-refractivity contribution >= 4 is 40.5 Å². The topological polar surface area (TPSA) is 125 Å². The van der Waals surface area contributed by atoms with Crippen molar-refractivity contribution in [1.82, 2.24) is 10.6 Å². The second kappa shape index (κ2) is 12.8. The summed E-state index contributed by atoms with van der Waals surface area (Å²) in [6, 6.07) is 6.96. The third kappa shape index (κ3) is 6.24. The van der Waals surface area contributed by atoms with E-state index >= 15 is 0 Å². The summed E-state index contributed by atoms with van der Waals surface area (Å²) in [6.07, 6.45) is 1.35. The number of hydrogen-bond donors (Lipinski definition) is 2. The molecule has 2 N–H and O–H groups in total. The van der Waals surface area contributed by atoms with Gasteiger partial charge in [0.05, 0.1) is 39.7 Å². The number of aryl methyl sites for hydroxylation is 1. The lowest BCUT2D eigenvalue weighted by Crippen LogP contribution is -2.42. The fourth-order valence-electron chi connectivity index (χ4n) is 5.26. The zero-order chi connectivity index (χ0) is 29.8. The number of carbonyl (C=O) groups is 3.